The van der Waals surface area contributed by atoms with Gasteiger partial charge in [0, 0.05) is 57.5 Å². The maximum absolute atomic E-state index is 12.4. The number of ether oxygens (including phenoxy) is 2. The summed E-state index contributed by atoms with van der Waals surface area (Å²) in [5.41, 5.74) is 1.21. The Morgan fingerprint density at radius 1 is 1.19 bits per heavy atom. The molecule has 0 saturated carbocycles. The zero-order valence-corrected chi connectivity index (χ0v) is 15.9. The van der Waals surface area contributed by atoms with Crippen molar-refractivity contribution < 1.29 is 14.3 Å². The lowest BCUT2D eigenvalue weighted by atomic mass is 10.1. The fourth-order valence-electron chi connectivity index (χ4n) is 3.46. The first-order valence-corrected chi connectivity index (χ1v) is 9.72. The van der Waals surface area contributed by atoms with Crippen LogP contribution in [0.15, 0.2) is 24.3 Å². The largest absolute Gasteiger partial charge is 0.491 e. The van der Waals surface area contributed by atoms with Crippen molar-refractivity contribution in [3.8, 4) is 5.75 Å². The molecule has 1 N–H and O–H groups in total. The summed E-state index contributed by atoms with van der Waals surface area (Å²) >= 11 is 0. The molecule has 0 aliphatic carbocycles. The van der Waals surface area contributed by atoms with Crippen molar-refractivity contribution in [2.24, 2.45) is 0 Å². The molecule has 2 saturated heterocycles. The zero-order chi connectivity index (χ0) is 18.4. The summed E-state index contributed by atoms with van der Waals surface area (Å²) in [5.74, 6) is 0.960. The van der Waals surface area contributed by atoms with Crippen molar-refractivity contribution >= 4 is 6.03 Å². The van der Waals surface area contributed by atoms with E-state index in [1.807, 2.05) is 30.9 Å². The fraction of sp³-hybridized carbons (Fsp3) is 0.650. The molecule has 26 heavy (non-hydrogen) atoms. The lowest BCUT2D eigenvalue weighted by molar-refractivity contribution is 0.0758. The van der Waals surface area contributed by atoms with Crippen molar-refractivity contribution in [1.29, 1.82) is 0 Å². The van der Waals surface area contributed by atoms with Crippen LogP contribution in [0.2, 0.25) is 0 Å². The first-order valence-electron chi connectivity index (χ1n) is 9.72. The molecule has 2 amide bonds. The minimum Gasteiger partial charge on any atom is -0.491 e. The van der Waals surface area contributed by atoms with Gasteiger partial charge < -0.3 is 19.7 Å². The smallest absolute Gasteiger partial charge is 0.317 e. The van der Waals surface area contributed by atoms with Crippen LogP contribution >= 0.6 is 0 Å². The lowest BCUT2D eigenvalue weighted by Gasteiger charge is -2.36. The van der Waals surface area contributed by atoms with Gasteiger partial charge in [-0.25, -0.2) is 4.79 Å². The molecule has 1 aromatic carbocycles. The minimum absolute atomic E-state index is 0.0695. The van der Waals surface area contributed by atoms with Gasteiger partial charge in [0.2, 0.25) is 0 Å². The van der Waals surface area contributed by atoms with Gasteiger partial charge in [-0.1, -0.05) is 18.2 Å². The minimum atomic E-state index is 0.0695. The summed E-state index contributed by atoms with van der Waals surface area (Å²) in [6.45, 7) is 9.75. The molecule has 2 aliphatic rings. The summed E-state index contributed by atoms with van der Waals surface area (Å²) in [7, 11) is 0. The molecule has 6 nitrogen and oxygen atoms in total. The van der Waals surface area contributed by atoms with Crippen molar-refractivity contribution in [2.45, 2.75) is 45.4 Å². The normalized spacial score (nSPS) is 19.6. The first-order chi connectivity index (χ1) is 12.6. The molecule has 0 atom stereocenters. The summed E-state index contributed by atoms with van der Waals surface area (Å²) in [5, 5.41) is 3.15. The molecular weight excluding hydrogens is 330 g/mol. The quantitative estimate of drug-likeness (QED) is 0.875. The molecule has 0 spiro atoms. The highest BCUT2D eigenvalue weighted by molar-refractivity contribution is 5.74. The van der Waals surface area contributed by atoms with Gasteiger partial charge in [-0.2, -0.15) is 0 Å². The number of amides is 2. The molecule has 2 aliphatic heterocycles. The number of benzene rings is 1. The zero-order valence-electron chi connectivity index (χ0n) is 15.9. The summed E-state index contributed by atoms with van der Waals surface area (Å²) < 4.78 is 11.3. The number of nitrogens with zero attached hydrogens (tertiary/aromatic N) is 2. The second-order valence-electron chi connectivity index (χ2n) is 7.37. The van der Waals surface area contributed by atoms with E-state index in [2.05, 4.69) is 22.3 Å². The second kappa shape index (κ2) is 9.24. The summed E-state index contributed by atoms with van der Waals surface area (Å²) in [6, 6.07) is 8.56. The molecule has 0 aromatic heterocycles. The van der Waals surface area contributed by atoms with Gasteiger partial charge in [0.1, 0.15) is 5.75 Å². The Hall–Kier alpha value is -1.79. The number of hydrogen-bond acceptors (Lipinski definition) is 4. The molecule has 0 unspecified atom stereocenters. The Morgan fingerprint density at radius 3 is 2.58 bits per heavy atom. The van der Waals surface area contributed by atoms with Crippen molar-refractivity contribution in [3.63, 3.8) is 0 Å². The predicted molar refractivity (Wildman–Crippen MR) is 101 cm³/mol. The third kappa shape index (κ3) is 5.35. The van der Waals surface area contributed by atoms with Crippen molar-refractivity contribution in [1.82, 2.24) is 15.1 Å². The van der Waals surface area contributed by atoms with Gasteiger partial charge in [-0.3, -0.25) is 4.90 Å². The van der Waals surface area contributed by atoms with E-state index in [0.29, 0.717) is 0 Å². The standard InChI is InChI=1S/C20H31N3O3/c1-16(2)26-19-6-4-3-5-17(19)15-22-9-11-23(12-10-22)20(24)21-18-7-13-25-14-8-18/h3-6,16,18H,7-15H2,1-2H3,(H,21,24). The van der Waals surface area contributed by atoms with Gasteiger partial charge in [-0.05, 0) is 32.8 Å². The van der Waals surface area contributed by atoms with E-state index in [9.17, 15) is 4.79 Å². The van der Waals surface area contributed by atoms with Gasteiger partial charge in [-0.15, -0.1) is 0 Å². The molecule has 3 rings (SSSR count). The van der Waals surface area contributed by atoms with Crippen LogP contribution in [0.3, 0.4) is 0 Å². The van der Waals surface area contributed by atoms with E-state index in [0.717, 1.165) is 64.5 Å². The van der Waals surface area contributed by atoms with Crippen LogP contribution < -0.4 is 10.1 Å². The molecular formula is C20H31N3O3. The number of urea groups is 1. The van der Waals surface area contributed by atoms with E-state index in [1.165, 1.54) is 5.56 Å². The number of carbonyl (C=O) groups excluding carboxylic acids is 1. The van der Waals surface area contributed by atoms with Crippen LogP contribution in [0.5, 0.6) is 5.75 Å². The van der Waals surface area contributed by atoms with E-state index < -0.39 is 0 Å². The van der Waals surface area contributed by atoms with E-state index in [4.69, 9.17) is 9.47 Å². The van der Waals surface area contributed by atoms with Crippen LogP contribution in [-0.2, 0) is 11.3 Å². The monoisotopic (exact) mass is 361 g/mol. The molecule has 0 radical (unpaired) electrons. The first kappa shape index (κ1) is 19.0. The molecule has 2 fully saturated rings. The van der Waals surface area contributed by atoms with Gasteiger partial charge >= 0.3 is 6.03 Å². The highest BCUT2D eigenvalue weighted by Gasteiger charge is 2.24. The Bertz CT molecular complexity index is 579. The number of para-hydroxylation sites is 1. The molecule has 6 heteroatoms. The Kier molecular flexibility index (Phi) is 6.74. The van der Waals surface area contributed by atoms with Crippen LogP contribution in [0, 0.1) is 0 Å². The highest BCUT2D eigenvalue weighted by Crippen LogP contribution is 2.21. The topological polar surface area (TPSA) is 54.0 Å². The number of piperazine rings is 1. The Labute approximate surface area is 156 Å². The summed E-state index contributed by atoms with van der Waals surface area (Å²) in [4.78, 5) is 16.8. The highest BCUT2D eigenvalue weighted by atomic mass is 16.5. The average Bonchev–Trinajstić information content (AvgIpc) is 2.64. The van der Waals surface area contributed by atoms with E-state index >= 15 is 0 Å². The van der Waals surface area contributed by atoms with Crippen LogP contribution in [-0.4, -0.2) is 67.4 Å². The van der Waals surface area contributed by atoms with Gasteiger partial charge in [0.05, 0.1) is 6.10 Å². The Morgan fingerprint density at radius 2 is 1.88 bits per heavy atom. The third-order valence-corrected chi connectivity index (χ3v) is 4.94. The van der Waals surface area contributed by atoms with E-state index in [-0.39, 0.29) is 18.2 Å². The maximum atomic E-state index is 12.4. The predicted octanol–water partition coefficient (Wildman–Crippen LogP) is 2.48. The Balaban J connectivity index is 1.47. The fourth-order valence-corrected chi connectivity index (χ4v) is 3.46. The number of carbonyl (C=O) groups is 1. The molecule has 144 valence electrons. The van der Waals surface area contributed by atoms with Crippen LogP contribution in [0.4, 0.5) is 4.79 Å². The molecule has 2 heterocycles. The maximum Gasteiger partial charge on any atom is 0.317 e. The van der Waals surface area contributed by atoms with Crippen molar-refractivity contribution in [2.75, 3.05) is 39.4 Å². The molecule has 0 bridgehead atoms. The second-order valence-corrected chi connectivity index (χ2v) is 7.37. The molecule has 1 aromatic rings. The summed E-state index contributed by atoms with van der Waals surface area (Å²) in [6.07, 6.45) is 2.00. The third-order valence-electron chi connectivity index (χ3n) is 4.94. The van der Waals surface area contributed by atoms with Gasteiger partial charge in [0.25, 0.3) is 0 Å². The van der Waals surface area contributed by atoms with Crippen LogP contribution in [0.25, 0.3) is 0 Å². The van der Waals surface area contributed by atoms with Gasteiger partial charge in [0.15, 0.2) is 0 Å². The average molecular weight is 361 g/mol. The SMILES string of the molecule is CC(C)Oc1ccccc1CN1CCN(C(=O)NC2CCOCC2)CC1. The van der Waals surface area contributed by atoms with Crippen molar-refractivity contribution in [3.05, 3.63) is 29.8 Å². The van der Waals surface area contributed by atoms with E-state index in [1.54, 1.807) is 0 Å². The number of nitrogens with one attached hydrogen (secondary N) is 1. The lowest BCUT2D eigenvalue weighted by Crippen LogP contribution is -2.53. The number of hydrogen-bond donors (Lipinski definition) is 1. The van der Waals surface area contributed by atoms with Crippen LogP contribution in [0.1, 0.15) is 32.3 Å². The number of rotatable bonds is 5.